The number of rotatable bonds is 6. The fraction of sp³-hybridized carbons (Fsp3) is 0.194. The molecule has 1 aliphatic rings. The van der Waals surface area contributed by atoms with Crippen LogP contribution in [0, 0.1) is 11.8 Å². The van der Waals surface area contributed by atoms with Crippen molar-refractivity contribution in [3.63, 3.8) is 0 Å². The van der Waals surface area contributed by atoms with E-state index in [2.05, 4.69) is 21.6 Å². The summed E-state index contributed by atoms with van der Waals surface area (Å²) in [6.45, 7) is 1.12. The molecule has 4 rings (SSSR count). The largest absolute Gasteiger partial charge is 0.491 e. The number of aliphatic imine (C=N–C) groups is 1. The SMILES string of the molecule is CC(CC(=O)OC(=O)C(F)(F)F)N1CC(=O)N(c2ccccc2)c2ccc(C#Cc3cccc(CN=C(N)N)c3)cc2C1=O. The number of esters is 2. The fourth-order valence-corrected chi connectivity index (χ4v) is 4.40. The topological polar surface area (TPSA) is 148 Å². The van der Waals surface area contributed by atoms with Crippen molar-refractivity contribution >= 4 is 41.1 Å². The lowest BCUT2D eigenvalue weighted by molar-refractivity contribution is -0.202. The van der Waals surface area contributed by atoms with Crippen molar-refractivity contribution in [2.24, 2.45) is 16.5 Å². The summed E-state index contributed by atoms with van der Waals surface area (Å²) < 4.78 is 41.6. The van der Waals surface area contributed by atoms with E-state index in [1.165, 1.54) is 17.9 Å². The van der Waals surface area contributed by atoms with Crippen molar-refractivity contribution in [1.29, 1.82) is 0 Å². The van der Waals surface area contributed by atoms with Gasteiger partial charge in [-0.2, -0.15) is 13.2 Å². The molecule has 1 unspecified atom stereocenters. The number of amides is 2. The molecule has 1 aliphatic heterocycles. The Kier molecular flexibility index (Phi) is 9.33. The first kappa shape index (κ1) is 31.3. The van der Waals surface area contributed by atoms with Gasteiger partial charge in [-0.1, -0.05) is 42.2 Å². The highest BCUT2D eigenvalue weighted by Crippen LogP contribution is 2.34. The van der Waals surface area contributed by atoms with E-state index in [0.29, 0.717) is 16.8 Å². The molecule has 44 heavy (non-hydrogen) atoms. The van der Waals surface area contributed by atoms with Gasteiger partial charge in [-0.05, 0) is 55.0 Å². The number of alkyl halides is 3. The van der Waals surface area contributed by atoms with Gasteiger partial charge in [0.1, 0.15) is 6.54 Å². The summed E-state index contributed by atoms with van der Waals surface area (Å²) in [5.41, 5.74) is 13.5. The van der Waals surface area contributed by atoms with Crippen LogP contribution in [0.25, 0.3) is 0 Å². The first-order chi connectivity index (χ1) is 20.8. The van der Waals surface area contributed by atoms with Gasteiger partial charge in [-0.3, -0.25) is 19.3 Å². The normalized spacial score (nSPS) is 13.6. The average molecular weight is 606 g/mol. The molecular weight excluding hydrogens is 579 g/mol. The van der Waals surface area contributed by atoms with Gasteiger partial charge in [0, 0.05) is 22.9 Å². The molecule has 0 spiro atoms. The van der Waals surface area contributed by atoms with Gasteiger partial charge in [0.05, 0.1) is 24.2 Å². The van der Waals surface area contributed by atoms with Gasteiger partial charge in [0.25, 0.3) is 11.8 Å². The van der Waals surface area contributed by atoms with Crippen LogP contribution >= 0.6 is 0 Å². The molecule has 0 saturated heterocycles. The number of benzene rings is 3. The van der Waals surface area contributed by atoms with Gasteiger partial charge in [-0.15, -0.1) is 0 Å². The average Bonchev–Trinajstić information content (AvgIpc) is 3.08. The molecule has 1 atom stereocenters. The third-order valence-corrected chi connectivity index (χ3v) is 6.45. The van der Waals surface area contributed by atoms with Crippen LogP contribution in [0.3, 0.4) is 0 Å². The van der Waals surface area contributed by atoms with Crippen LogP contribution < -0.4 is 16.4 Å². The zero-order valence-corrected chi connectivity index (χ0v) is 23.3. The summed E-state index contributed by atoms with van der Waals surface area (Å²) in [5.74, 6) is 0.597. The van der Waals surface area contributed by atoms with Gasteiger partial charge in [-0.25, -0.2) is 9.79 Å². The second kappa shape index (κ2) is 13.1. The number of anilines is 2. The molecule has 0 aromatic heterocycles. The predicted octanol–water partition coefficient (Wildman–Crippen LogP) is 3.39. The molecule has 10 nitrogen and oxygen atoms in total. The van der Waals surface area contributed by atoms with E-state index in [4.69, 9.17) is 11.5 Å². The molecule has 0 radical (unpaired) electrons. The van der Waals surface area contributed by atoms with Crippen molar-refractivity contribution in [3.8, 4) is 11.8 Å². The minimum atomic E-state index is -5.37. The van der Waals surface area contributed by atoms with Gasteiger partial charge in [0.2, 0.25) is 0 Å². The fourth-order valence-electron chi connectivity index (χ4n) is 4.40. The van der Waals surface area contributed by atoms with Gasteiger partial charge < -0.3 is 21.1 Å². The van der Waals surface area contributed by atoms with Crippen LogP contribution in [-0.4, -0.2) is 53.4 Å². The number of nitrogens with two attached hydrogens (primary N) is 2. The van der Waals surface area contributed by atoms with E-state index in [1.807, 2.05) is 6.07 Å². The zero-order valence-electron chi connectivity index (χ0n) is 23.3. The summed E-state index contributed by atoms with van der Waals surface area (Å²) in [6.07, 6.45) is -6.13. The van der Waals surface area contributed by atoms with Crippen LogP contribution in [0.2, 0.25) is 0 Å². The molecular formula is C31H26F3N5O5. The van der Waals surface area contributed by atoms with Crippen LogP contribution in [-0.2, 0) is 25.7 Å². The Morgan fingerprint density at radius 3 is 2.32 bits per heavy atom. The molecule has 3 aromatic rings. The van der Waals surface area contributed by atoms with E-state index in [9.17, 15) is 32.3 Å². The number of guanidine groups is 1. The number of carbonyl (C=O) groups excluding carboxylic acids is 4. The second-order valence-corrected chi connectivity index (χ2v) is 9.73. The maximum absolute atomic E-state index is 13.8. The highest BCUT2D eigenvalue weighted by atomic mass is 19.4. The smallest absolute Gasteiger partial charge is 0.386 e. The quantitative estimate of drug-likeness (QED) is 0.144. The number of hydrogen-bond donors (Lipinski definition) is 2. The molecule has 0 bridgehead atoms. The maximum Gasteiger partial charge on any atom is 0.491 e. The van der Waals surface area contributed by atoms with Crippen LogP contribution in [0.4, 0.5) is 24.5 Å². The lowest BCUT2D eigenvalue weighted by Crippen LogP contribution is -2.44. The first-order valence-electron chi connectivity index (χ1n) is 13.1. The summed E-state index contributed by atoms with van der Waals surface area (Å²) in [7, 11) is 0. The van der Waals surface area contributed by atoms with Gasteiger partial charge in [0.15, 0.2) is 5.96 Å². The summed E-state index contributed by atoms with van der Waals surface area (Å²) in [6, 6.07) is 19.3. The predicted molar refractivity (Wildman–Crippen MR) is 154 cm³/mol. The number of ether oxygens (including phenoxy) is 1. The Morgan fingerprint density at radius 1 is 0.977 bits per heavy atom. The molecule has 226 valence electrons. The third-order valence-electron chi connectivity index (χ3n) is 6.45. The maximum atomic E-state index is 13.8. The molecule has 2 amide bonds. The minimum absolute atomic E-state index is 0.0470. The minimum Gasteiger partial charge on any atom is -0.386 e. The van der Waals surface area contributed by atoms with Crippen LogP contribution in [0.1, 0.15) is 40.4 Å². The van der Waals surface area contributed by atoms with E-state index < -0.39 is 48.9 Å². The molecule has 0 fully saturated rings. The van der Waals surface area contributed by atoms with E-state index in [-0.39, 0.29) is 23.8 Å². The standard InChI is InChI=1S/C31H26F3N5O5/c1-19(14-27(41)44-29(43)31(32,33)34)38-18-26(40)39(23-8-3-2-4-9-23)25-13-12-21(16-24(25)28(38)42)11-10-20-6-5-7-22(15-20)17-37-30(35)36/h2-9,12-13,15-16,19H,14,17-18H2,1H3,(H4,35,36,37). The Hall–Kier alpha value is -5.64. The number of hydrogen-bond acceptors (Lipinski definition) is 6. The molecule has 1 heterocycles. The van der Waals surface area contributed by atoms with E-state index in [0.717, 1.165) is 10.5 Å². The van der Waals surface area contributed by atoms with E-state index in [1.54, 1.807) is 60.7 Å². The van der Waals surface area contributed by atoms with E-state index >= 15 is 0 Å². The van der Waals surface area contributed by atoms with Crippen molar-refractivity contribution in [3.05, 3.63) is 95.1 Å². The monoisotopic (exact) mass is 605 g/mol. The van der Waals surface area contributed by atoms with Crippen LogP contribution in [0.5, 0.6) is 0 Å². The Morgan fingerprint density at radius 2 is 1.66 bits per heavy atom. The second-order valence-electron chi connectivity index (χ2n) is 9.73. The highest BCUT2D eigenvalue weighted by molar-refractivity contribution is 6.13. The lowest BCUT2D eigenvalue weighted by atomic mass is 10.0. The molecule has 13 heteroatoms. The summed E-state index contributed by atoms with van der Waals surface area (Å²) >= 11 is 0. The summed E-state index contributed by atoms with van der Waals surface area (Å²) in [5, 5.41) is 0. The number of para-hydroxylation sites is 1. The number of fused-ring (bicyclic) bond motifs is 1. The molecule has 4 N–H and O–H groups in total. The first-order valence-corrected chi connectivity index (χ1v) is 13.1. The van der Waals surface area contributed by atoms with Crippen molar-refractivity contribution < 1.29 is 37.1 Å². The highest BCUT2D eigenvalue weighted by Gasteiger charge is 2.43. The number of halogens is 3. The van der Waals surface area contributed by atoms with Crippen molar-refractivity contribution in [2.75, 3.05) is 11.4 Å². The Labute approximate surface area is 250 Å². The molecule has 0 saturated carbocycles. The zero-order chi connectivity index (χ0) is 32.0. The molecule has 3 aromatic carbocycles. The molecule has 0 aliphatic carbocycles. The van der Waals surface area contributed by atoms with Gasteiger partial charge >= 0.3 is 18.1 Å². The van der Waals surface area contributed by atoms with Crippen molar-refractivity contribution in [1.82, 2.24) is 4.90 Å². The van der Waals surface area contributed by atoms with Crippen LogP contribution in [0.15, 0.2) is 77.8 Å². The Bertz CT molecular complexity index is 1690. The lowest BCUT2D eigenvalue weighted by Gasteiger charge is -2.27. The Balaban J connectivity index is 1.69. The third kappa shape index (κ3) is 7.60. The number of nitrogens with zero attached hydrogens (tertiary/aromatic N) is 3. The summed E-state index contributed by atoms with van der Waals surface area (Å²) in [4.78, 5) is 56.9. The number of carbonyl (C=O) groups is 4. The van der Waals surface area contributed by atoms with Crippen molar-refractivity contribution in [2.45, 2.75) is 32.1 Å².